The number of benzene rings is 1. The molecule has 1 aliphatic rings. The highest BCUT2D eigenvalue weighted by Crippen LogP contribution is 2.33. The number of piperazine rings is 1. The van der Waals surface area contributed by atoms with E-state index in [1.165, 1.54) is 0 Å². The van der Waals surface area contributed by atoms with Crippen molar-refractivity contribution < 1.29 is 13.2 Å². The van der Waals surface area contributed by atoms with Gasteiger partial charge in [0.15, 0.2) is 0 Å². The lowest BCUT2D eigenvalue weighted by atomic mass is 10.0. The number of methoxy groups -OCH3 is 1. The lowest BCUT2D eigenvalue weighted by Crippen LogP contribution is -2.48. The lowest BCUT2D eigenvalue weighted by molar-refractivity contribution is 0.196. The minimum atomic E-state index is -3.45. The molecule has 0 saturated carbocycles. The molecule has 23 heavy (non-hydrogen) atoms. The number of likely N-dealkylation sites (N-methyl/N-ethyl adjacent to an activating group) is 1. The second-order valence-corrected chi connectivity index (χ2v) is 8.26. The number of hydrogen-bond donors (Lipinski definition) is 0. The molecule has 0 atom stereocenters. The fourth-order valence-corrected chi connectivity index (χ4v) is 4.67. The SMILES string of the molecule is CCN1CCN(S(=O)(=O)c2cc(C(C)C)c(OC)cc2C)CC1. The van der Waals surface area contributed by atoms with Crippen LogP contribution in [-0.2, 0) is 10.0 Å². The van der Waals surface area contributed by atoms with Crippen molar-refractivity contribution >= 4 is 10.0 Å². The summed E-state index contributed by atoms with van der Waals surface area (Å²) in [5, 5.41) is 0. The predicted molar refractivity (Wildman–Crippen MR) is 92.7 cm³/mol. The number of hydrogen-bond acceptors (Lipinski definition) is 4. The van der Waals surface area contributed by atoms with Gasteiger partial charge in [-0.2, -0.15) is 4.31 Å². The summed E-state index contributed by atoms with van der Waals surface area (Å²) in [5.41, 5.74) is 1.67. The Morgan fingerprint density at radius 1 is 1.17 bits per heavy atom. The van der Waals surface area contributed by atoms with Crippen LogP contribution in [0.2, 0.25) is 0 Å². The first-order valence-corrected chi connectivity index (χ1v) is 9.66. The quantitative estimate of drug-likeness (QED) is 0.826. The smallest absolute Gasteiger partial charge is 0.243 e. The maximum Gasteiger partial charge on any atom is 0.243 e. The summed E-state index contributed by atoms with van der Waals surface area (Å²) in [6.07, 6.45) is 0. The molecule has 0 spiro atoms. The Labute approximate surface area is 140 Å². The Balaban J connectivity index is 2.38. The highest BCUT2D eigenvalue weighted by Gasteiger charge is 2.30. The first-order valence-electron chi connectivity index (χ1n) is 8.22. The molecule has 1 heterocycles. The zero-order valence-electron chi connectivity index (χ0n) is 14.8. The van der Waals surface area contributed by atoms with Gasteiger partial charge in [0.2, 0.25) is 10.0 Å². The summed E-state index contributed by atoms with van der Waals surface area (Å²) >= 11 is 0. The summed E-state index contributed by atoms with van der Waals surface area (Å²) in [6.45, 7) is 11.7. The first-order chi connectivity index (χ1) is 10.8. The summed E-state index contributed by atoms with van der Waals surface area (Å²) < 4.78 is 33.1. The fourth-order valence-electron chi connectivity index (χ4n) is 3.01. The molecule has 0 amide bonds. The van der Waals surface area contributed by atoms with Gasteiger partial charge in [-0.05, 0) is 42.6 Å². The van der Waals surface area contributed by atoms with Crippen LogP contribution in [0, 0.1) is 6.92 Å². The number of rotatable bonds is 5. The van der Waals surface area contributed by atoms with Gasteiger partial charge in [0.1, 0.15) is 5.75 Å². The lowest BCUT2D eigenvalue weighted by Gasteiger charge is -2.33. The molecule has 5 nitrogen and oxygen atoms in total. The molecule has 130 valence electrons. The third-order valence-corrected chi connectivity index (χ3v) is 6.59. The third-order valence-electron chi connectivity index (χ3n) is 4.55. The van der Waals surface area contributed by atoms with Crippen LogP contribution in [0.15, 0.2) is 17.0 Å². The second kappa shape index (κ2) is 7.20. The van der Waals surface area contributed by atoms with E-state index in [1.807, 2.05) is 26.8 Å². The molecular formula is C17H28N2O3S. The topological polar surface area (TPSA) is 49.9 Å². The average Bonchev–Trinajstić information content (AvgIpc) is 2.53. The summed E-state index contributed by atoms with van der Waals surface area (Å²) in [4.78, 5) is 2.68. The maximum atomic E-state index is 13.0. The molecule has 0 radical (unpaired) electrons. The van der Waals surface area contributed by atoms with Crippen LogP contribution in [0.5, 0.6) is 5.75 Å². The minimum Gasteiger partial charge on any atom is -0.496 e. The number of aryl methyl sites for hydroxylation is 1. The van der Waals surface area contributed by atoms with Gasteiger partial charge in [0, 0.05) is 26.2 Å². The van der Waals surface area contributed by atoms with Gasteiger partial charge < -0.3 is 9.64 Å². The van der Waals surface area contributed by atoms with Crippen molar-refractivity contribution in [1.82, 2.24) is 9.21 Å². The molecule has 1 aromatic rings. The second-order valence-electron chi connectivity index (χ2n) is 6.35. The molecule has 2 rings (SSSR count). The van der Waals surface area contributed by atoms with Crippen LogP contribution < -0.4 is 4.74 Å². The van der Waals surface area contributed by atoms with E-state index < -0.39 is 10.0 Å². The molecule has 1 aromatic carbocycles. The highest BCUT2D eigenvalue weighted by atomic mass is 32.2. The van der Waals surface area contributed by atoms with Crippen LogP contribution in [-0.4, -0.2) is 57.5 Å². The van der Waals surface area contributed by atoms with Gasteiger partial charge in [-0.1, -0.05) is 20.8 Å². The summed E-state index contributed by atoms with van der Waals surface area (Å²) in [6, 6.07) is 3.63. The molecule has 0 N–H and O–H groups in total. The van der Waals surface area contributed by atoms with Crippen molar-refractivity contribution in [3.05, 3.63) is 23.3 Å². The van der Waals surface area contributed by atoms with Crippen LogP contribution >= 0.6 is 0 Å². The predicted octanol–water partition coefficient (Wildman–Crippen LogP) is 2.45. The molecule has 1 saturated heterocycles. The van der Waals surface area contributed by atoms with E-state index in [2.05, 4.69) is 11.8 Å². The van der Waals surface area contributed by atoms with Crippen molar-refractivity contribution in [2.75, 3.05) is 39.8 Å². The highest BCUT2D eigenvalue weighted by molar-refractivity contribution is 7.89. The van der Waals surface area contributed by atoms with Gasteiger partial charge in [-0.25, -0.2) is 8.42 Å². The molecule has 0 aliphatic carbocycles. The Hall–Kier alpha value is -1.11. The van der Waals surface area contributed by atoms with Gasteiger partial charge in [0.25, 0.3) is 0 Å². The number of nitrogens with zero attached hydrogens (tertiary/aromatic N) is 2. The van der Waals surface area contributed by atoms with E-state index in [9.17, 15) is 8.42 Å². The maximum absolute atomic E-state index is 13.0. The van der Waals surface area contributed by atoms with Crippen molar-refractivity contribution in [3.63, 3.8) is 0 Å². The van der Waals surface area contributed by atoms with Gasteiger partial charge in [-0.15, -0.1) is 0 Å². The summed E-state index contributed by atoms with van der Waals surface area (Å²) in [7, 11) is -1.83. The third kappa shape index (κ3) is 3.70. The van der Waals surface area contributed by atoms with E-state index in [-0.39, 0.29) is 5.92 Å². The molecule has 0 aromatic heterocycles. The fraction of sp³-hybridized carbons (Fsp3) is 0.647. The van der Waals surface area contributed by atoms with E-state index in [0.29, 0.717) is 18.0 Å². The van der Waals surface area contributed by atoms with Gasteiger partial charge in [0.05, 0.1) is 12.0 Å². The zero-order chi connectivity index (χ0) is 17.2. The average molecular weight is 340 g/mol. The Kier molecular flexibility index (Phi) is 5.70. The van der Waals surface area contributed by atoms with Crippen molar-refractivity contribution in [3.8, 4) is 5.75 Å². The standard InChI is InChI=1S/C17H28N2O3S/c1-6-18-7-9-19(10-8-18)23(20,21)17-12-15(13(2)3)16(22-5)11-14(17)4/h11-13H,6-10H2,1-5H3. The van der Waals surface area contributed by atoms with Gasteiger partial charge >= 0.3 is 0 Å². The van der Waals surface area contributed by atoms with E-state index in [1.54, 1.807) is 17.5 Å². The molecule has 0 unspecified atom stereocenters. The molecule has 0 bridgehead atoms. The molecule has 1 fully saturated rings. The Bertz CT molecular complexity index is 648. The Morgan fingerprint density at radius 2 is 1.78 bits per heavy atom. The number of ether oxygens (including phenoxy) is 1. The Morgan fingerprint density at radius 3 is 2.26 bits per heavy atom. The van der Waals surface area contributed by atoms with E-state index in [0.717, 1.165) is 36.5 Å². The van der Waals surface area contributed by atoms with E-state index in [4.69, 9.17) is 4.74 Å². The van der Waals surface area contributed by atoms with Crippen molar-refractivity contribution in [2.45, 2.75) is 38.5 Å². The van der Waals surface area contributed by atoms with E-state index >= 15 is 0 Å². The molecular weight excluding hydrogens is 312 g/mol. The monoisotopic (exact) mass is 340 g/mol. The zero-order valence-corrected chi connectivity index (χ0v) is 15.6. The van der Waals surface area contributed by atoms with Crippen molar-refractivity contribution in [2.24, 2.45) is 0 Å². The van der Waals surface area contributed by atoms with Gasteiger partial charge in [-0.3, -0.25) is 0 Å². The minimum absolute atomic E-state index is 0.205. The van der Waals surface area contributed by atoms with Crippen LogP contribution in [0.1, 0.15) is 37.8 Å². The molecule has 6 heteroatoms. The number of sulfonamides is 1. The van der Waals surface area contributed by atoms with Crippen LogP contribution in [0.25, 0.3) is 0 Å². The first kappa shape index (κ1) is 18.2. The largest absolute Gasteiger partial charge is 0.496 e. The molecule has 1 aliphatic heterocycles. The van der Waals surface area contributed by atoms with Crippen LogP contribution in [0.4, 0.5) is 0 Å². The normalized spacial score (nSPS) is 17.7. The summed E-state index contributed by atoms with van der Waals surface area (Å²) in [5.74, 6) is 0.962. The van der Waals surface area contributed by atoms with Crippen LogP contribution in [0.3, 0.4) is 0 Å². The van der Waals surface area contributed by atoms with Crippen molar-refractivity contribution in [1.29, 1.82) is 0 Å².